The zero-order chi connectivity index (χ0) is 12.1. The number of nitrogens with one attached hydrogen (secondary N) is 1. The van der Waals surface area contributed by atoms with Crippen LogP contribution < -0.4 is 5.32 Å². The van der Waals surface area contributed by atoms with Gasteiger partial charge in [0.05, 0.1) is 0 Å². The van der Waals surface area contributed by atoms with Gasteiger partial charge in [-0.15, -0.1) is 0 Å². The van der Waals surface area contributed by atoms with E-state index in [4.69, 9.17) is 0 Å². The van der Waals surface area contributed by atoms with E-state index < -0.39 is 0 Å². The molecule has 1 aromatic carbocycles. The van der Waals surface area contributed by atoms with Crippen LogP contribution in [0.3, 0.4) is 0 Å². The second-order valence-electron chi connectivity index (χ2n) is 4.53. The average Bonchev–Trinajstić information content (AvgIpc) is 2.21. The highest BCUT2D eigenvalue weighted by molar-refractivity contribution is 9.10. The van der Waals surface area contributed by atoms with E-state index in [0.29, 0.717) is 6.04 Å². The molecule has 0 spiro atoms. The molecule has 0 saturated carbocycles. The van der Waals surface area contributed by atoms with Crippen LogP contribution in [0.5, 0.6) is 0 Å². The first-order valence-electron chi connectivity index (χ1n) is 5.65. The molecular weight excluding hydrogens is 262 g/mol. The van der Waals surface area contributed by atoms with Crippen LogP contribution in [-0.4, -0.2) is 12.6 Å². The van der Waals surface area contributed by atoms with E-state index in [1.165, 1.54) is 21.2 Å². The first-order valence-corrected chi connectivity index (χ1v) is 6.45. The predicted octanol–water partition coefficient (Wildman–Crippen LogP) is 4.16. The van der Waals surface area contributed by atoms with Crippen molar-refractivity contribution in [2.45, 2.75) is 33.7 Å². The van der Waals surface area contributed by atoms with Crippen molar-refractivity contribution in [1.29, 1.82) is 0 Å². The van der Waals surface area contributed by atoms with Crippen molar-refractivity contribution < 1.29 is 0 Å². The lowest BCUT2D eigenvalue weighted by Gasteiger charge is -2.08. The molecule has 1 aromatic rings. The minimum Gasteiger partial charge on any atom is -0.311 e. The highest BCUT2D eigenvalue weighted by Gasteiger charge is 1.97. The van der Waals surface area contributed by atoms with Gasteiger partial charge in [-0.1, -0.05) is 53.6 Å². The van der Waals surface area contributed by atoms with Gasteiger partial charge in [0.25, 0.3) is 0 Å². The van der Waals surface area contributed by atoms with E-state index >= 15 is 0 Å². The Balaban J connectivity index is 2.70. The molecule has 0 heterocycles. The summed E-state index contributed by atoms with van der Waals surface area (Å²) in [5.74, 6) is 0. The normalized spacial score (nSPS) is 12.2. The van der Waals surface area contributed by atoms with Gasteiger partial charge in [-0.05, 0) is 31.0 Å². The third-order valence-electron chi connectivity index (χ3n) is 2.40. The molecule has 1 N–H and O–H groups in total. The number of benzene rings is 1. The summed E-state index contributed by atoms with van der Waals surface area (Å²) in [6.07, 6.45) is 2.22. The summed E-state index contributed by atoms with van der Waals surface area (Å²) in [4.78, 5) is 0. The number of rotatable bonds is 4. The van der Waals surface area contributed by atoms with Gasteiger partial charge in [0.1, 0.15) is 0 Å². The van der Waals surface area contributed by atoms with Crippen molar-refractivity contribution in [1.82, 2.24) is 5.32 Å². The van der Waals surface area contributed by atoms with E-state index in [9.17, 15) is 0 Å². The molecule has 1 rings (SSSR count). The molecule has 0 aliphatic rings. The quantitative estimate of drug-likeness (QED) is 0.874. The summed E-state index contributed by atoms with van der Waals surface area (Å²) in [5, 5.41) is 3.41. The molecule has 0 bridgehead atoms. The molecule has 0 radical (unpaired) electrons. The topological polar surface area (TPSA) is 12.0 Å². The number of halogens is 1. The molecule has 2 heteroatoms. The Morgan fingerprint density at radius 1 is 1.44 bits per heavy atom. The molecule has 0 aromatic heterocycles. The molecule has 88 valence electrons. The maximum absolute atomic E-state index is 3.55. The van der Waals surface area contributed by atoms with Gasteiger partial charge >= 0.3 is 0 Å². The van der Waals surface area contributed by atoms with E-state index in [1.807, 2.05) is 0 Å². The smallest absolute Gasteiger partial charge is 0.0210 e. The van der Waals surface area contributed by atoms with Crippen LogP contribution in [0, 0.1) is 6.92 Å². The Hall–Kier alpha value is -0.600. The molecule has 1 nitrogen and oxygen atoms in total. The largest absolute Gasteiger partial charge is 0.311 e. The summed E-state index contributed by atoms with van der Waals surface area (Å²) in [7, 11) is 0. The van der Waals surface area contributed by atoms with Crippen molar-refractivity contribution in [2.24, 2.45) is 0 Å². The molecule has 0 unspecified atom stereocenters. The lowest BCUT2D eigenvalue weighted by Crippen LogP contribution is -2.24. The van der Waals surface area contributed by atoms with Crippen molar-refractivity contribution in [3.05, 3.63) is 39.4 Å². The van der Waals surface area contributed by atoms with Crippen LogP contribution in [0.2, 0.25) is 0 Å². The highest BCUT2D eigenvalue weighted by atomic mass is 79.9. The Bertz CT molecular complexity index is 380. The summed E-state index contributed by atoms with van der Waals surface area (Å²) in [6, 6.07) is 6.99. The SMILES string of the molecule is C/C(=C\c1ccc(C)c(Br)c1)CNC(C)C. The minimum absolute atomic E-state index is 0.535. The number of hydrogen-bond acceptors (Lipinski definition) is 1. The van der Waals surface area contributed by atoms with Crippen molar-refractivity contribution in [3.8, 4) is 0 Å². The first-order chi connectivity index (χ1) is 7.49. The summed E-state index contributed by atoms with van der Waals surface area (Å²) in [6.45, 7) is 9.53. The molecule has 0 amide bonds. The second-order valence-corrected chi connectivity index (χ2v) is 5.39. The van der Waals surface area contributed by atoms with Crippen molar-refractivity contribution in [3.63, 3.8) is 0 Å². The van der Waals surface area contributed by atoms with Crippen LogP contribution in [0.4, 0.5) is 0 Å². The maximum Gasteiger partial charge on any atom is 0.0210 e. The van der Waals surface area contributed by atoms with E-state index in [-0.39, 0.29) is 0 Å². The Labute approximate surface area is 107 Å². The Kier molecular flexibility index (Phi) is 5.23. The van der Waals surface area contributed by atoms with Gasteiger partial charge in [-0.2, -0.15) is 0 Å². The predicted molar refractivity (Wildman–Crippen MR) is 75.7 cm³/mol. The fourth-order valence-electron chi connectivity index (χ4n) is 1.40. The van der Waals surface area contributed by atoms with Crippen LogP contribution in [0.1, 0.15) is 31.9 Å². The Morgan fingerprint density at radius 2 is 2.12 bits per heavy atom. The first kappa shape index (κ1) is 13.5. The molecule has 0 saturated heterocycles. The standard InChI is InChI=1S/C14H20BrN/c1-10(2)16-9-11(3)7-13-6-5-12(4)14(15)8-13/h5-8,10,16H,9H2,1-4H3/b11-7+. The fraction of sp³-hybridized carbons (Fsp3) is 0.429. The van der Waals surface area contributed by atoms with Crippen LogP contribution >= 0.6 is 15.9 Å². The summed E-state index contributed by atoms with van der Waals surface area (Å²) < 4.78 is 1.17. The summed E-state index contributed by atoms with van der Waals surface area (Å²) in [5.41, 5.74) is 3.88. The zero-order valence-corrected chi connectivity index (χ0v) is 12.1. The minimum atomic E-state index is 0.535. The Morgan fingerprint density at radius 3 is 2.69 bits per heavy atom. The fourth-order valence-corrected chi connectivity index (χ4v) is 1.80. The lowest BCUT2D eigenvalue weighted by atomic mass is 10.1. The third kappa shape index (κ3) is 4.50. The average molecular weight is 282 g/mol. The van der Waals surface area contributed by atoms with Gasteiger partial charge in [0.15, 0.2) is 0 Å². The summed E-state index contributed by atoms with van der Waals surface area (Å²) >= 11 is 3.55. The van der Waals surface area contributed by atoms with Gasteiger partial charge in [-0.25, -0.2) is 0 Å². The molecule has 0 fully saturated rings. The monoisotopic (exact) mass is 281 g/mol. The van der Waals surface area contributed by atoms with Gasteiger partial charge in [0, 0.05) is 17.1 Å². The van der Waals surface area contributed by atoms with E-state index in [2.05, 4.69) is 73.2 Å². The van der Waals surface area contributed by atoms with E-state index in [1.54, 1.807) is 0 Å². The van der Waals surface area contributed by atoms with Crippen LogP contribution in [0.15, 0.2) is 28.2 Å². The third-order valence-corrected chi connectivity index (χ3v) is 3.25. The zero-order valence-electron chi connectivity index (χ0n) is 10.5. The van der Waals surface area contributed by atoms with Gasteiger partial charge < -0.3 is 5.32 Å². The van der Waals surface area contributed by atoms with Crippen LogP contribution in [0.25, 0.3) is 6.08 Å². The van der Waals surface area contributed by atoms with Gasteiger partial charge in [0.2, 0.25) is 0 Å². The van der Waals surface area contributed by atoms with E-state index in [0.717, 1.165) is 6.54 Å². The number of aryl methyl sites for hydroxylation is 1. The molecule has 0 aliphatic heterocycles. The van der Waals surface area contributed by atoms with Crippen LogP contribution in [-0.2, 0) is 0 Å². The van der Waals surface area contributed by atoms with Crippen molar-refractivity contribution in [2.75, 3.05) is 6.54 Å². The molecule has 0 atom stereocenters. The highest BCUT2D eigenvalue weighted by Crippen LogP contribution is 2.19. The lowest BCUT2D eigenvalue weighted by molar-refractivity contribution is 0.623. The molecule has 16 heavy (non-hydrogen) atoms. The molecule has 0 aliphatic carbocycles. The second kappa shape index (κ2) is 6.21. The van der Waals surface area contributed by atoms with Gasteiger partial charge in [-0.3, -0.25) is 0 Å². The maximum atomic E-state index is 3.55. The number of hydrogen-bond donors (Lipinski definition) is 1. The van der Waals surface area contributed by atoms with Crippen molar-refractivity contribution >= 4 is 22.0 Å². The molecular formula is C14H20BrN.